The Bertz CT molecular complexity index is 981. The number of carbonyl (C=O) groups is 2. The summed E-state index contributed by atoms with van der Waals surface area (Å²) in [5, 5.41) is 5.82. The maximum absolute atomic E-state index is 12.2. The lowest BCUT2D eigenvalue weighted by atomic mass is 10.1. The summed E-state index contributed by atoms with van der Waals surface area (Å²) in [6.07, 6.45) is 0. The first-order chi connectivity index (χ1) is 15.8. The van der Waals surface area contributed by atoms with Gasteiger partial charge >= 0.3 is 0 Å². The Hall–Kier alpha value is -2.84. The SMILES string of the molecule is CN(C)CCNC(=O)c1ccc(-c2ccc(-c3ccc(C(=O)NCCN(C)C)cc3)o2)cc1.Cl.Cl. The van der Waals surface area contributed by atoms with Gasteiger partial charge in [-0.15, -0.1) is 24.8 Å². The first kappa shape index (κ1) is 30.2. The molecule has 2 amide bonds. The Balaban J connectivity index is 0.00000306. The summed E-state index contributed by atoms with van der Waals surface area (Å²) in [4.78, 5) is 28.5. The van der Waals surface area contributed by atoms with Crippen molar-refractivity contribution in [2.24, 2.45) is 0 Å². The molecule has 3 aromatic rings. The Labute approximate surface area is 219 Å². The molecule has 0 radical (unpaired) electrons. The number of likely N-dealkylation sites (N-methyl/N-ethyl adjacent to an activating group) is 2. The standard InChI is InChI=1S/C26H32N4O3.2ClH/c1-29(2)17-15-27-25(31)21-9-5-19(6-10-21)23-13-14-24(33-23)20-7-11-22(12-8-20)26(32)28-16-18-30(3)4;;/h5-14H,15-18H2,1-4H3,(H,27,31)(H,28,32);2*1H. The van der Waals surface area contributed by atoms with Crippen LogP contribution in [-0.2, 0) is 0 Å². The van der Waals surface area contributed by atoms with Crippen molar-refractivity contribution in [3.8, 4) is 22.6 Å². The summed E-state index contributed by atoms with van der Waals surface area (Å²) in [5.74, 6) is 1.26. The number of rotatable bonds is 10. The summed E-state index contributed by atoms with van der Waals surface area (Å²) in [6.45, 7) is 2.79. The highest BCUT2D eigenvalue weighted by atomic mass is 35.5. The van der Waals surface area contributed by atoms with Crippen molar-refractivity contribution in [3.05, 3.63) is 71.8 Å². The normalized spacial score (nSPS) is 10.5. The predicted molar refractivity (Wildman–Crippen MR) is 146 cm³/mol. The third-order valence-electron chi connectivity index (χ3n) is 5.16. The van der Waals surface area contributed by atoms with Crippen LogP contribution in [0.3, 0.4) is 0 Å². The topological polar surface area (TPSA) is 77.8 Å². The van der Waals surface area contributed by atoms with E-state index in [1.807, 2.05) is 74.4 Å². The molecule has 190 valence electrons. The maximum atomic E-state index is 12.2. The lowest BCUT2D eigenvalue weighted by Gasteiger charge is -2.10. The average molecular weight is 521 g/mol. The zero-order valence-corrected chi connectivity index (χ0v) is 22.2. The molecule has 0 atom stereocenters. The second-order valence-electron chi connectivity index (χ2n) is 8.44. The molecule has 3 rings (SSSR count). The van der Waals surface area contributed by atoms with Crippen molar-refractivity contribution < 1.29 is 14.0 Å². The van der Waals surface area contributed by atoms with E-state index in [1.165, 1.54) is 0 Å². The van der Waals surface area contributed by atoms with Gasteiger partial charge in [0.2, 0.25) is 0 Å². The van der Waals surface area contributed by atoms with Crippen molar-refractivity contribution in [2.75, 3.05) is 54.4 Å². The molecular weight excluding hydrogens is 487 g/mol. The van der Waals surface area contributed by atoms with E-state index in [9.17, 15) is 9.59 Å². The van der Waals surface area contributed by atoms with E-state index in [4.69, 9.17) is 4.42 Å². The van der Waals surface area contributed by atoms with Gasteiger partial charge in [0.15, 0.2) is 0 Å². The molecule has 0 aliphatic carbocycles. The maximum Gasteiger partial charge on any atom is 0.251 e. The van der Waals surface area contributed by atoms with Crippen LogP contribution in [0.15, 0.2) is 65.1 Å². The molecule has 0 fully saturated rings. The highest BCUT2D eigenvalue weighted by Gasteiger charge is 2.11. The number of amides is 2. The van der Waals surface area contributed by atoms with E-state index in [2.05, 4.69) is 10.6 Å². The zero-order valence-electron chi connectivity index (χ0n) is 20.5. The van der Waals surface area contributed by atoms with Gasteiger partial charge in [-0.05, 0) is 64.6 Å². The number of hydrogen-bond acceptors (Lipinski definition) is 5. The van der Waals surface area contributed by atoms with Gasteiger partial charge in [0.05, 0.1) is 0 Å². The van der Waals surface area contributed by atoms with Crippen LogP contribution in [0.25, 0.3) is 22.6 Å². The van der Waals surface area contributed by atoms with Gasteiger partial charge in [0.1, 0.15) is 11.5 Å². The third kappa shape index (κ3) is 9.03. The van der Waals surface area contributed by atoms with Crippen LogP contribution in [-0.4, -0.2) is 76.0 Å². The molecule has 2 N–H and O–H groups in total. The number of furan rings is 1. The van der Waals surface area contributed by atoms with Crippen molar-refractivity contribution in [1.29, 1.82) is 0 Å². The second-order valence-corrected chi connectivity index (χ2v) is 8.44. The van der Waals surface area contributed by atoms with Crippen LogP contribution in [0.4, 0.5) is 0 Å². The quantitative estimate of drug-likeness (QED) is 0.421. The first-order valence-electron chi connectivity index (χ1n) is 11.0. The summed E-state index contributed by atoms with van der Waals surface area (Å²) in [7, 11) is 7.88. The van der Waals surface area contributed by atoms with E-state index in [0.717, 1.165) is 35.7 Å². The molecule has 0 saturated heterocycles. The van der Waals surface area contributed by atoms with Gasteiger partial charge in [-0.1, -0.05) is 24.3 Å². The van der Waals surface area contributed by atoms with E-state index < -0.39 is 0 Å². The number of carbonyl (C=O) groups excluding carboxylic acids is 2. The molecule has 1 heterocycles. The summed E-state index contributed by atoms with van der Waals surface area (Å²) >= 11 is 0. The van der Waals surface area contributed by atoms with Gasteiger partial charge in [0.25, 0.3) is 11.8 Å². The number of nitrogens with one attached hydrogen (secondary N) is 2. The minimum Gasteiger partial charge on any atom is -0.456 e. The van der Waals surface area contributed by atoms with Crippen molar-refractivity contribution in [2.45, 2.75) is 0 Å². The number of hydrogen-bond donors (Lipinski definition) is 2. The van der Waals surface area contributed by atoms with Gasteiger partial charge < -0.3 is 24.9 Å². The monoisotopic (exact) mass is 520 g/mol. The molecular formula is C26H34Cl2N4O3. The Morgan fingerprint density at radius 3 is 1.29 bits per heavy atom. The van der Waals surface area contributed by atoms with Crippen LogP contribution in [0.5, 0.6) is 0 Å². The van der Waals surface area contributed by atoms with Crippen LogP contribution in [0.2, 0.25) is 0 Å². The molecule has 35 heavy (non-hydrogen) atoms. The number of benzene rings is 2. The largest absolute Gasteiger partial charge is 0.456 e. The van der Waals surface area contributed by atoms with Crippen molar-refractivity contribution in [1.82, 2.24) is 20.4 Å². The minimum absolute atomic E-state index is 0. The number of halogens is 2. The van der Waals surface area contributed by atoms with Gasteiger partial charge in [-0.3, -0.25) is 9.59 Å². The van der Waals surface area contributed by atoms with Gasteiger partial charge in [-0.2, -0.15) is 0 Å². The van der Waals surface area contributed by atoms with Gasteiger partial charge in [-0.25, -0.2) is 0 Å². The molecule has 0 aliphatic heterocycles. The summed E-state index contributed by atoms with van der Waals surface area (Å²) in [5.41, 5.74) is 3.01. The van der Waals surface area contributed by atoms with E-state index in [0.29, 0.717) is 24.2 Å². The van der Waals surface area contributed by atoms with Crippen LogP contribution < -0.4 is 10.6 Å². The molecule has 0 bridgehead atoms. The second kappa shape index (κ2) is 14.5. The average Bonchev–Trinajstić information content (AvgIpc) is 3.29. The molecule has 0 saturated carbocycles. The fourth-order valence-electron chi connectivity index (χ4n) is 3.21. The molecule has 9 heteroatoms. The molecule has 0 spiro atoms. The highest BCUT2D eigenvalue weighted by molar-refractivity contribution is 5.95. The van der Waals surface area contributed by atoms with Crippen LogP contribution in [0.1, 0.15) is 20.7 Å². The number of nitrogens with zero attached hydrogens (tertiary/aromatic N) is 2. The fraction of sp³-hybridized carbons (Fsp3) is 0.308. The smallest absolute Gasteiger partial charge is 0.251 e. The van der Waals surface area contributed by atoms with Crippen molar-refractivity contribution >= 4 is 36.6 Å². The summed E-state index contributed by atoms with van der Waals surface area (Å²) < 4.78 is 6.03. The van der Waals surface area contributed by atoms with Crippen LogP contribution in [0, 0.1) is 0 Å². The molecule has 2 aromatic carbocycles. The molecule has 0 aliphatic rings. The minimum atomic E-state index is -0.0885. The van der Waals surface area contributed by atoms with E-state index >= 15 is 0 Å². The van der Waals surface area contributed by atoms with Crippen molar-refractivity contribution in [3.63, 3.8) is 0 Å². The molecule has 0 unspecified atom stereocenters. The summed E-state index contributed by atoms with van der Waals surface area (Å²) in [6, 6.07) is 18.5. The zero-order chi connectivity index (χ0) is 23.8. The molecule has 1 aromatic heterocycles. The van der Waals surface area contributed by atoms with Crippen LogP contribution >= 0.6 is 24.8 Å². The Morgan fingerprint density at radius 1 is 0.629 bits per heavy atom. The Kier molecular flexibility index (Phi) is 12.5. The lowest BCUT2D eigenvalue weighted by molar-refractivity contribution is 0.0943. The van der Waals surface area contributed by atoms with Gasteiger partial charge in [0, 0.05) is 48.4 Å². The lowest BCUT2D eigenvalue weighted by Crippen LogP contribution is -2.31. The Morgan fingerprint density at radius 2 is 0.971 bits per heavy atom. The first-order valence-corrected chi connectivity index (χ1v) is 11.0. The predicted octanol–water partition coefficient (Wildman–Crippen LogP) is 4.04. The highest BCUT2D eigenvalue weighted by Crippen LogP contribution is 2.29. The van der Waals surface area contributed by atoms with E-state index in [1.54, 1.807) is 24.3 Å². The molecule has 7 nitrogen and oxygen atoms in total. The third-order valence-corrected chi connectivity index (χ3v) is 5.16. The fourth-order valence-corrected chi connectivity index (χ4v) is 3.21. The van der Waals surface area contributed by atoms with E-state index in [-0.39, 0.29) is 36.6 Å².